The molecule has 1 aliphatic rings. The molecule has 1 atom stereocenters. The van der Waals surface area contributed by atoms with E-state index in [-0.39, 0.29) is 11.7 Å². The van der Waals surface area contributed by atoms with Crippen LogP contribution in [0.15, 0.2) is 47.3 Å². The summed E-state index contributed by atoms with van der Waals surface area (Å²) in [7, 11) is 5.16. The summed E-state index contributed by atoms with van der Waals surface area (Å²) < 4.78 is 24.5. The number of carbonyl (C=O) groups is 1. The molecule has 41 heavy (non-hydrogen) atoms. The molecule has 214 valence electrons. The summed E-state index contributed by atoms with van der Waals surface area (Å²) in [5.74, 6) is -0.249. The highest BCUT2D eigenvalue weighted by molar-refractivity contribution is 9.10. The molecule has 1 fully saturated rings. The van der Waals surface area contributed by atoms with Gasteiger partial charge in [-0.1, -0.05) is 0 Å². The van der Waals surface area contributed by atoms with E-state index < -0.39 is 22.7 Å². The lowest BCUT2D eigenvalue weighted by molar-refractivity contribution is -0.390. The van der Waals surface area contributed by atoms with Gasteiger partial charge in [0.15, 0.2) is 12.0 Å². The number of rotatable bonds is 10. The molecule has 1 aliphatic carbocycles. The van der Waals surface area contributed by atoms with Crippen LogP contribution in [0.5, 0.6) is 5.75 Å². The molecule has 1 aromatic carbocycles. The van der Waals surface area contributed by atoms with Gasteiger partial charge in [-0.2, -0.15) is 5.10 Å². The van der Waals surface area contributed by atoms with Crippen molar-refractivity contribution in [2.24, 2.45) is 13.0 Å². The first kappa shape index (κ1) is 28.4. The second-order valence-electron chi connectivity index (χ2n) is 10.4. The fraction of sp³-hybridized carbons (Fsp3) is 0.357. The zero-order valence-electron chi connectivity index (χ0n) is 23.0. The van der Waals surface area contributed by atoms with Gasteiger partial charge in [0.1, 0.15) is 11.9 Å². The van der Waals surface area contributed by atoms with E-state index in [1.54, 1.807) is 38.8 Å². The van der Waals surface area contributed by atoms with Gasteiger partial charge in [0.2, 0.25) is 5.75 Å². The highest BCUT2D eigenvalue weighted by atomic mass is 79.9. The molecular formula is C28H29BrFN7O4. The van der Waals surface area contributed by atoms with Crippen LogP contribution in [0.1, 0.15) is 53.3 Å². The Morgan fingerprint density at radius 2 is 2.05 bits per heavy atom. The fourth-order valence-corrected chi connectivity index (χ4v) is 5.03. The van der Waals surface area contributed by atoms with E-state index in [0.717, 1.165) is 17.7 Å². The summed E-state index contributed by atoms with van der Waals surface area (Å²) in [6, 6.07) is 5.73. The van der Waals surface area contributed by atoms with Crippen LogP contribution in [0, 0.1) is 21.8 Å². The molecule has 1 amide bonds. The summed E-state index contributed by atoms with van der Waals surface area (Å²) in [6.45, 7) is 1.99. The third kappa shape index (κ3) is 6.29. The maximum Gasteiger partial charge on any atom is 0.406 e. The molecule has 3 heterocycles. The molecule has 0 N–H and O–H groups in total. The predicted octanol–water partition coefficient (Wildman–Crippen LogP) is 5.33. The van der Waals surface area contributed by atoms with Gasteiger partial charge in [-0.3, -0.25) is 9.48 Å². The maximum absolute atomic E-state index is 14.6. The second-order valence-corrected chi connectivity index (χ2v) is 11.3. The molecule has 0 saturated heterocycles. The Morgan fingerprint density at radius 1 is 1.29 bits per heavy atom. The van der Waals surface area contributed by atoms with Gasteiger partial charge in [0.25, 0.3) is 5.91 Å². The van der Waals surface area contributed by atoms with Gasteiger partial charge < -0.3 is 24.3 Å². The minimum Gasteiger partial charge on any atom is -0.478 e. The highest BCUT2D eigenvalue weighted by Gasteiger charge is 2.27. The number of nitrogens with zero attached hydrogens (tertiary/aromatic N) is 7. The van der Waals surface area contributed by atoms with Crippen LogP contribution in [0.2, 0.25) is 0 Å². The van der Waals surface area contributed by atoms with Crippen LogP contribution in [0.25, 0.3) is 11.3 Å². The van der Waals surface area contributed by atoms with Crippen molar-refractivity contribution >= 4 is 27.7 Å². The van der Waals surface area contributed by atoms with Gasteiger partial charge in [-0.25, -0.2) is 9.37 Å². The van der Waals surface area contributed by atoms with Crippen molar-refractivity contribution in [3.63, 3.8) is 0 Å². The largest absolute Gasteiger partial charge is 0.478 e. The third-order valence-corrected chi connectivity index (χ3v) is 7.28. The van der Waals surface area contributed by atoms with E-state index in [1.807, 2.05) is 17.0 Å². The predicted molar refractivity (Wildman–Crippen MR) is 152 cm³/mol. The average molecular weight is 626 g/mol. The van der Waals surface area contributed by atoms with Crippen LogP contribution in [-0.2, 0) is 20.0 Å². The first-order chi connectivity index (χ1) is 19.5. The molecule has 11 nitrogen and oxygen atoms in total. The molecular weight excluding hydrogens is 597 g/mol. The van der Waals surface area contributed by atoms with E-state index in [2.05, 4.69) is 31.0 Å². The van der Waals surface area contributed by atoms with E-state index in [9.17, 15) is 19.3 Å². The number of carbonyl (C=O) groups excluding carboxylic acids is 1. The monoisotopic (exact) mass is 625 g/mol. The molecule has 0 bridgehead atoms. The molecule has 0 spiro atoms. The Labute approximate surface area is 244 Å². The Kier molecular flexibility index (Phi) is 7.89. The van der Waals surface area contributed by atoms with Crippen LogP contribution in [-0.4, -0.2) is 54.1 Å². The van der Waals surface area contributed by atoms with Crippen molar-refractivity contribution in [2.45, 2.75) is 38.8 Å². The number of imidazole rings is 1. The second kappa shape index (κ2) is 11.4. The van der Waals surface area contributed by atoms with Crippen LogP contribution in [0.3, 0.4) is 0 Å². The third-order valence-electron chi connectivity index (χ3n) is 6.85. The van der Waals surface area contributed by atoms with Gasteiger partial charge in [-0.15, -0.1) is 0 Å². The number of nitro groups is 1. The van der Waals surface area contributed by atoms with Crippen LogP contribution >= 0.6 is 15.9 Å². The lowest BCUT2D eigenvalue weighted by Crippen LogP contribution is -2.25. The average Bonchev–Trinajstić information content (AvgIpc) is 3.52. The molecule has 0 aliphatic heterocycles. The lowest BCUT2D eigenvalue weighted by atomic mass is 9.98. The van der Waals surface area contributed by atoms with Crippen molar-refractivity contribution in [1.29, 1.82) is 0 Å². The molecule has 5 rings (SSSR count). The zero-order valence-corrected chi connectivity index (χ0v) is 24.6. The summed E-state index contributed by atoms with van der Waals surface area (Å²) in [5, 5.41) is 16.2. The molecule has 3 aromatic heterocycles. The van der Waals surface area contributed by atoms with Crippen molar-refractivity contribution < 1.29 is 18.8 Å². The van der Waals surface area contributed by atoms with Gasteiger partial charge in [-0.05, 0) is 76.1 Å². The van der Waals surface area contributed by atoms with Gasteiger partial charge >= 0.3 is 5.82 Å². The Hall–Kier alpha value is -4.13. The lowest BCUT2D eigenvalue weighted by Gasteiger charge is -2.18. The summed E-state index contributed by atoms with van der Waals surface area (Å²) >= 11 is 3.27. The Balaban J connectivity index is 1.52. The number of aromatic nitrogens is 5. The number of benzene rings is 1. The SMILES string of the molecule is C[C@@H](Oc1cc(Br)cnc1[N+](=O)[O-])c1cc(F)ccc1-c1nn(C)cc1Cn1cc(CC2CC2)nc1C(=O)N(C)C. The minimum atomic E-state index is -0.797. The van der Waals surface area contributed by atoms with Crippen molar-refractivity contribution in [3.8, 4) is 17.0 Å². The van der Waals surface area contributed by atoms with Crippen LogP contribution in [0.4, 0.5) is 10.2 Å². The quantitative estimate of drug-likeness (QED) is 0.172. The molecule has 4 aromatic rings. The number of amides is 1. The van der Waals surface area contributed by atoms with Crippen molar-refractivity contribution in [1.82, 2.24) is 29.2 Å². The number of hydrogen-bond acceptors (Lipinski definition) is 7. The van der Waals surface area contributed by atoms with E-state index >= 15 is 0 Å². The molecule has 0 unspecified atom stereocenters. The standard InChI is InChI=1S/C28H29BrFN7O4/c1-16(41-24-10-19(29)12-31-26(24)37(39)40)23-11-20(30)7-8-22(23)25-18(13-35(4)33-25)14-36-15-21(9-17-5-6-17)32-27(36)28(38)34(2)3/h7-8,10-13,15-17H,5-6,9,14H2,1-4H3/t16-/m1/s1. The van der Waals surface area contributed by atoms with Gasteiger partial charge in [0, 0.05) is 56.3 Å². The topological polar surface area (TPSA) is 121 Å². The van der Waals surface area contributed by atoms with Crippen molar-refractivity contribution in [2.75, 3.05) is 14.1 Å². The molecule has 13 heteroatoms. The normalized spacial score (nSPS) is 13.7. The van der Waals surface area contributed by atoms with Crippen LogP contribution < -0.4 is 4.74 Å². The smallest absolute Gasteiger partial charge is 0.406 e. The first-order valence-corrected chi connectivity index (χ1v) is 13.9. The Bertz CT molecular complexity index is 1630. The van der Waals surface area contributed by atoms with E-state index in [1.165, 1.54) is 42.1 Å². The Morgan fingerprint density at radius 3 is 2.73 bits per heavy atom. The highest BCUT2D eigenvalue weighted by Crippen LogP contribution is 2.37. The maximum atomic E-state index is 14.6. The van der Waals surface area contributed by atoms with Crippen molar-refractivity contribution in [3.05, 3.63) is 85.9 Å². The number of aryl methyl sites for hydroxylation is 1. The van der Waals surface area contributed by atoms with E-state index in [0.29, 0.717) is 39.6 Å². The number of hydrogen-bond donors (Lipinski definition) is 0. The summed E-state index contributed by atoms with van der Waals surface area (Å²) in [5.41, 5.74) is 3.27. The van der Waals surface area contributed by atoms with E-state index in [4.69, 9.17) is 4.74 Å². The minimum absolute atomic E-state index is 0.0539. The first-order valence-electron chi connectivity index (χ1n) is 13.1. The zero-order chi connectivity index (χ0) is 29.4. The van der Waals surface area contributed by atoms with Gasteiger partial charge in [0.05, 0.1) is 22.4 Å². The number of halogens is 2. The number of pyridine rings is 1. The number of ether oxygens (including phenoxy) is 1. The fourth-order valence-electron chi connectivity index (χ4n) is 4.72. The summed E-state index contributed by atoms with van der Waals surface area (Å²) in [6.07, 6.45) is 7.45. The summed E-state index contributed by atoms with van der Waals surface area (Å²) in [4.78, 5) is 33.9. The molecule has 0 radical (unpaired) electrons. The molecule has 1 saturated carbocycles.